The lowest BCUT2D eigenvalue weighted by atomic mass is 10.2. The zero-order valence-corrected chi connectivity index (χ0v) is 9.44. The Morgan fingerprint density at radius 2 is 2.24 bits per heavy atom. The maximum absolute atomic E-state index is 8.80. The highest BCUT2D eigenvalue weighted by Gasteiger charge is 2.05. The molecule has 6 heteroatoms. The predicted octanol–water partition coefficient (Wildman–Crippen LogP) is 2.33. The first kappa shape index (κ1) is 11.2. The molecule has 0 aliphatic carbocycles. The number of nitrogens with one attached hydrogen (secondary N) is 1. The summed E-state index contributed by atoms with van der Waals surface area (Å²) >= 11 is 6.00. The molecule has 2 rings (SSSR count). The molecule has 84 valence electrons. The molecule has 0 bridgehead atoms. The van der Waals surface area contributed by atoms with Crippen molar-refractivity contribution in [3.63, 3.8) is 0 Å². The minimum Gasteiger partial charge on any atom is -0.394 e. The fourth-order valence-corrected chi connectivity index (χ4v) is 1.43. The van der Waals surface area contributed by atoms with E-state index in [0.717, 1.165) is 0 Å². The molecule has 1 aromatic heterocycles. The van der Waals surface area contributed by atoms with Crippen LogP contribution in [-0.2, 0) is 0 Å². The van der Waals surface area contributed by atoms with Gasteiger partial charge in [0.05, 0.1) is 34.2 Å². The lowest BCUT2D eigenvalue weighted by molar-refractivity contribution is 1.17. The van der Waals surface area contributed by atoms with Gasteiger partial charge in [-0.25, -0.2) is 9.97 Å². The number of nitrogens with two attached hydrogens (primary N) is 1. The van der Waals surface area contributed by atoms with Crippen LogP contribution in [0.2, 0.25) is 5.02 Å². The van der Waals surface area contributed by atoms with Crippen LogP contribution < -0.4 is 11.1 Å². The molecule has 1 aromatic carbocycles. The summed E-state index contributed by atoms with van der Waals surface area (Å²) in [6.07, 6.45) is 2.86. The molecule has 0 atom stereocenters. The summed E-state index contributed by atoms with van der Waals surface area (Å²) in [4.78, 5) is 7.76. The Balaban J connectivity index is 2.37. The minimum absolute atomic E-state index is 0.408. The monoisotopic (exact) mass is 245 g/mol. The molecule has 0 aliphatic heterocycles. The molecule has 0 saturated heterocycles. The smallest absolute Gasteiger partial charge is 0.157 e. The Bertz CT molecular complexity index is 591. The average Bonchev–Trinajstić information content (AvgIpc) is 2.35. The predicted molar refractivity (Wildman–Crippen MR) is 65.9 cm³/mol. The van der Waals surface area contributed by atoms with Crippen LogP contribution in [0.5, 0.6) is 0 Å². The first-order chi connectivity index (χ1) is 8.20. The minimum atomic E-state index is 0.408. The number of hydrogen-bond donors (Lipinski definition) is 2. The fraction of sp³-hybridized carbons (Fsp3) is 0. The largest absolute Gasteiger partial charge is 0.394 e. The average molecular weight is 246 g/mol. The van der Waals surface area contributed by atoms with Crippen molar-refractivity contribution in [2.75, 3.05) is 11.1 Å². The molecule has 3 N–H and O–H groups in total. The molecule has 5 nitrogen and oxygen atoms in total. The van der Waals surface area contributed by atoms with E-state index in [2.05, 4.69) is 15.3 Å². The number of nitrogen functional groups attached to an aromatic ring is 1. The quantitative estimate of drug-likeness (QED) is 0.848. The maximum Gasteiger partial charge on any atom is 0.157 e. The normalized spacial score (nSPS) is 9.65. The molecule has 0 amide bonds. The molecule has 17 heavy (non-hydrogen) atoms. The molecule has 0 unspecified atom stereocenters. The van der Waals surface area contributed by atoms with E-state index >= 15 is 0 Å². The van der Waals surface area contributed by atoms with Crippen molar-refractivity contribution in [3.8, 4) is 6.07 Å². The van der Waals surface area contributed by atoms with Gasteiger partial charge in [-0.3, -0.25) is 0 Å². The Hall–Kier alpha value is -2.32. The third-order valence-corrected chi connectivity index (χ3v) is 2.42. The first-order valence-corrected chi connectivity index (χ1v) is 5.10. The van der Waals surface area contributed by atoms with Gasteiger partial charge in [0, 0.05) is 0 Å². The second-order valence-electron chi connectivity index (χ2n) is 3.26. The number of anilines is 3. The van der Waals surface area contributed by atoms with E-state index in [1.165, 1.54) is 12.5 Å². The SMILES string of the molecule is N#Cc1ccc(Cl)c(Nc2ncncc2N)c1. The van der Waals surface area contributed by atoms with Crippen LogP contribution >= 0.6 is 11.6 Å². The maximum atomic E-state index is 8.80. The number of benzene rings is 1. The van der Waals surface area contributed by atoms with Crippen molar-refractivity contribution in [2.24, 2.45) is 0 Å². The van der Waals surface area contributed by atoms with Crippen LogP contribution in [0.4, 0.5) is 17.2 Å². The molecular formula is C11H8ClN5. The molecule has 0 saturated carbocycles. The molecule has 1 heterocycles. The van der Waals surface area contributed by atoms with Gasteiger partial charge < -0.3 is 11.1 Å². The van der Waals surface area contributed by atoms with E-state index < -0.39 is 0 Å². The van der Waals surface area contributed by atoms with E-state index in [4.69, 9.17) is 22.6 Å². The van der Waals surface area contributed by atoms with E-state index in [9.17, 15) is 0 Å². The molecule has 0 fully saturated rings. The second kappa shape index (κ2) is 4.68. The fourth-order valence-electron chi connectivity index (χ4n) is 1.26. The molecule has 0 radical (unpaired) electrons. The third-order valence-electron chi connectivity index (χ3n) is 2.09. The molecule has 2 aromatic rings. The zero-order valence-electron chi connectivity index (χ0n) is 8.68. The highest BCUT2D eigenvalue weighted by atomic mass is 35.5. The van der Waals surface area contributed by atoms with Gasteiger partial charge in [-0.2, -0.15) is 5.26 Å². The van der Waals surface area contributed by atoms with E-state index in [1.807, 2.05) is 6.07 Å². The van der Waals surface area contributed by atoms with Crippen LogP contribution in [0.25, 0.3) is 0 Å². The van der Waals surface area contributed by atoms with Gasteiger partial charge in [-0.1, -0.05) is 11.6 Å². The lowest BCUT2D eigenvalue weighted by Crippen LogP contribution is -2.00. The van der Waals surface area contributed by atoms with E-state index in [-0.39, 0.29) is 0 Å². The molecule has 0 aliphatic rings. The van der Waals surface area contributed by atoms with Crippen molar-refractivity contribution in [1.82, 2.24) is 9.97 Å². The summed E-state index contributed by atoms with van der Waals surface area (Å²) in [5, 5.41) is 12.2. The zero-order chi connectivity index (χ0) is 12.3. The van der Waals surface area contributed by atoms with Gasteiger partial charge in [-0.15, -0.1) is 0 Å². The van der Waals surface area contributed by atoms with E-state index in [0.29, 0.717) is 27.8 Å². The van der Waals surface area contributed by atoms with Crippen molar-refractivity contribution >= 4 is 28.8 Å². The Morgan fingerprint density at radius 1 is 1.41 bits per heavy atom. The van der Waals surface area contributed by atoms with Crippen LogP contribution in [-0.4, -0.2) is 9.97 Å². The summed E-state index contributed by atoms with van der Waals surface area (Å²) in [6, 6.07) is 6.94. The first-order valence-electron chi connectivity index (χ1n) is 4.73. The summed E-state index contributed by atoms with van der Waals surface area (Å²) in [5.41, 5.74) is 7.19. The van der Waals surface area contributed by atoms with Crippen LogP contribution in [0.3, 0.4) is 0 Å². The van der Waals surface area contributed by atoms with E-state index in [1.54, 1.807) is 18.2 Å². The number of hydrogen-bond acceptors (Lipinski definition) is 5. The van der Waals surface area contributed by atoms with Gasteiger partial charge in [0.1, 0.15) is 6.33 Å². The van der Waals surface area contributed by atoms with Crippen molar-refractivity contribution in [2.45, 2.75) is 0 Å². The Morgan fingerprint density at radius 3 is 2.94 bits per heavy atom. The van der Waals surface area contributed by atoms with Gasteiger partial charge in [-0.05, 0) is 18.2 Å². The number of nitriles is 1. The van der Waals surface area contributed by atoms with Crippen molar-refractivity contribution < 1.29 is 0 Å². The van der Waals surface area contributed by atoms with Crippen LogP contribution in [0.1, 0.15) is 5.56 Å². The lowest BCUT2D eigenvalue weighted by Gasteiger charge is -2.09. The topological polar surface area (TPSA) is 87.6 Å². The summed E-state index contributed by atoms with van der Waals surface area (Å²) in [6.45, 7) is 0. The van der Waals surface area contributed by atoms with Gasteiger partial charge in [0.25, 0.3) is 0 Å². The summed E-state index contributed by atoms with van der Waals surface area (Å²) < 4.78 is 0. The molecule has 0 spiro atoms. The van der Waals surface area contributed by atoms with Gasteiger partial charge >= 0.3 is 0 Å². The number of nitrogens with zero attached hydrogens (tertiary/aromatic N) is 3. The Labute approximate surface area is 103 Å². The van der Waals surface area contributed by atoms with Crippen LogP contribution in [0.15, 0.2) is 30.7 Å². The molecular weight excluding hydrogens is 238 g/mol. The standard InChI is InChI=1S/C11H8ClN5/c12-8-2-1-7(4-13)3-10(8)17-11-9(14)5-15-6-16-11/h1-3,5-6H,14H2,(H,15,16,17). The van der Waals surface area contributed by atoms with Crippen molar-refractivity contribution in [1.29, 1.82) is 5.26 Å². The highest BCUT2D eigenvalue weighted by Crippen LogP contribution is 2.27. The second-order valence-corrected chi connectivity index (χ2v) is 3.67. The Kier molecular flexibility index (Phi) is 3.08. The van der Waals surface area contributed by atoms with Gasteiger partial charge in [0.15, 0.2) is 5.82 Å². The summed E-state index contributed by atoms with van der Waals surface area (Å²) in [7, 11) is 0. The number of halogens is 1. The highest BCUT2D eigenvalue weighted by molar-refractivity contribution is 6.33. The van der Waals surface area contributed by atoms with Gasteiger partial charge in [0.2, 0.25) is 0 Å². The van der Waals surface area contributed by atoms with Crippen molar-refractivity contribution in [3.05, 3.63) is 41.3 Å². The van der Waals surface area contributed by atoms with Crippen LogP contribution in [0, 0.1) is 11.3 Å². The number of aromatic nitrogens is 2. The number of rotatable bonds is 2. The summed E-state index contributed by atoms with van der Waals surface area (Å²) in [5.74, 6) is 0.456. The third kappa shape index (κ3) is 2.44.